The van der Waals surface area contributed by atoms with Gasteiger partial charge in [-0.3, -0.25) is 14.4 Å². The van der Waals surface area contributed by atoms with Crippen LogP contribution in [0.4, 0.5) is 5.69 Å². The Kier molecular flexibility index (Phi) is 4.32. The first kappa shape index (κ1) is 15.5. The maximum absolute atomic E-state index is 12.1. The van der Waals surface area contributed by atoms with Crippen LogP contribution in [0, 0.1) is 11.8 Å². The molecule has 1 aromatic carbocycles. The molecule has 2 aliphatic carbocycles. The highest BCUT2D eigenvalue weighted by molar-refractivity contribution is 6.04. The van der Waals surface area contributed by atoms with Gasteiger partial charge in [-0.25, -0.2) is 0 Å². The lowest BCUT2D eigenvalue weighted by Gasteiger charge is -2.11. The van der Waals surface area contributed by atoms with Crippen molar-refractivity contribution in [3.05, 3.63) is 29.8 Å². The zero-order valence-corrected chi connectivity index (χ0v) is 13.0. The number of benzene rings is 1. The van der Waals surface area contributed by atoms with Crippen molar-refractivity contribution in [2.24, 2.45) is 11.8 Å². The first-order chi connectivity index (χ1) is 11.0. The van der Waals surface area contributed by atoms with Gasteiger partial charge in [0.05, 0.1) is 17.2 Å². The predicted molar refractivity (Wildman–Crippen MR) is 83.8 cm³/mol. The molecule has 6 nitrogen and oxygen atoms in total. The minimum atomic E-state index is -0.446. The van der Waals surface area contributed by atoms with Crippen LogP contribution in [0.3, 0.4) is 0 Å². The molecule has 3 rings (SSSR count). The summed E-state index contributed by atoms with van der Waals surface area (Å²) in [5.74, 6) is -0.699. The second-order valence-electron chi connectivity index (χ2n) is 6.27. The number of hydrogen-bond donors (Lipinski definition) is 2. The third kappa shape index (κ3) is 4.09. The van der Waals surface area contributed by atoms with Gasteiger partial charge in [0.2, 0.25) is 0 Å². The van der Waals surface area contributed by atoms with Crippen LogP contribution >= 0.6 is 0 Å². The second kappa shape index (κ2) is 6.40. The van der Waals surface area contributed by atoms with Crippen molar-refractivity contribution in [2.75, 3.05) is 11.9 Å². The molecule has 6 heteroatoms. The molecule has 23 heavy (non-hydrogen) atoms. The molecular formula is C17H20N2O4. The van der Waals surface area contributed by atoms with E-state index in [-0.39, 0.29) is 30.4 Å². The van der Waals surface area contributed by atoms with E-state index in [0.29, 0.717) is 17.2 Å². The van der Waals surface area contributed by atoms with E-state index in [2.05, 4.69) is 10.6 Å². The Labute approximate surface area is 134 Å². The van der Waals surface area contributed by atoms with E-state index in [1.54, 1.807) is 24.3 Å². The summed E-state index contributed by atoms with van der Waals surface area (Å²) in [5, 5.41) is 5.52. The predicted octanol–water partition coefficient (Wildman–Crippen LogP) is 1.72. The number of nitrogens with one attached hydrogen (secondary N) is 2. The van der Waals surface area contributed by atoms with Gasteiger partial charge in [-0.05, 0) is 37.3 Å². The Morgan fingerprint density at radius 2 is 1.91 bits per heavy atom. The van der Waals surface area contributed by atoms with E-state index < -0.39 is 5.91 Å². The van der Waals surface area contributed by atoms with Crippen molar-refractivity contribution in [1.82, 2.24) is 5.32 Å². The first-order valence-electron chi connectivity index (χ1n) is 7.91. The van der Waals surface area contributed by atoms with Crippen LogP contribution in [-0.4, -0.2) is 30.4 Å². The largest absolute Gasteiger partial charge is 0.455 e. The monoisotopic (exact) mass is 316 g/mol. The second-order valence-corrected chi connectivity index (χ2v) is 6.27. The first-order valence-corrected chi connectivity index (χ1v) is 7.91. The molecule has 2 fully saturated rings. The molecule has 2 atom stereocenters. The van der Waals surface area contributed by atoms with Crippen LogP contribution in [0.5, 0.6) is 0 Å². The fraction of sp³-hybridized carbons (Fsp3) is 0.471. The molecule has 0 bridgehead atoms. The van der Waals surface area contributed by atoms with E-state index in [0.717, 1.165) is 19.3 Å². The Bertz CT molecular complexity index is 639. The number of hydrogen-bond acceptors (Lipinski definition) is 4. The number of ether oxygens (including phenoxy) is 1. The lowest BCUT2D eigenvalue weighted by Crippen LogP contribution is -2.28. The van der Waals surface area contributed by atoms with Crippen LogP contribution in [0.2, 0.25) is 0 Å². The number of rotatable bonds is 6. The minimum absolute atomic E-state index is 0.0700. The summed E-state index contributed by atoms with van der Waals surface area (Å²) in [6, 6.07) is 7.04. The van der Waals surface area contributed by atoms with E-state index in [1.807, 2.05) is 6.92 Å². The van der Waals surface area contributed by atoms with Gasteiger partial charge in [-0.1, -0.05) is 19.1 Å². The zero-order valence-electron chi connectivity index (χ0n) is 13.0. The number of carbonyl (C=O) groups is 3. The minimum Gasteiger partial charge on any atom is -0.455 e. The molecule has 2 saturated carbocycles. The van der Waals surface area contributed by atoms with Crippen LogP contribution < -0.4 is 10.6 Å². The van der Waals surface area contributed by atoms with E-state index in [4.69, 9.17) is 4.74 Å². The Balaban J connectivity index is 1.55. The quantitative estimate of drug-likeness (QED) is 0.783. The summed E-state index contributed by atoms with van der Waals surface area (Å²) in [7, 11) is 0. The SMILES string of the molecule is C[C@H]1C[C@@H]1C(=O)OCC(=O)Nc1ccccc1C(=O)NC1CC1. The maximum atomic E-state index is 12.1. The third-order valence-corrected chi connectivity index (χ3v) is 4.12. The molecular weight excluding hydrogens is 296 g/mol. The van der Waals surface area contributed by atoms with Crippen molar-refractivity contribution in [1.29, 1.82) is 0 Å². The third-order valence-electron chi connectivity index (χ3n) is 4.12. The van der Waals surface area contributed by atoms with Gasteiger partial charge < -0.3 is 15.4 Å². The van der Waals surface area contributed by atoms with Gasteiger partial charge >= 0.3 is 5.97 Å². The highest BCUT2D eigenvalue weighted by Crippen LogP contribution is 2.38. The summed E-state index contributed by atoms with van der Waals surface area (Å²) in [6.07, 6.45) is 2.82. The fourth-order valence-corrected chi connectivity index (χ4v) is 2.36. The summed E-state index contributed by atoms with van der Waals surface area (Å²) >= 11 is 0. The molecule has 2 N–H and O–H groups in total. The average Bonchev–Trinajstić information content (AvgIpc) is 3.44. The zero-order chi connectivity index (χ0) is 16.4. The molecule has 0 aliphatic heterocycles. The van der Waals surface area contributed by atoms with Gasteiger partial charge in [0.1, 0.15) is 0 Å². The van der Waals surface area contributed by atoms with Crippen LogP contribution in [0.25, 0.3) is 0 Å². The van der Waals surface area contributed by atoms with E-state index >= 15 is 0 Å². The van der Waals surface area contributed by atoms with Gasteiger partial charge in [-0.15, -0.1) is 0 Å². The van der Waals surface area contributed by atoms with Gasteiger partial charge in [0.25, 0.3) is 11.8 Å². The lowest BCUT2D eigenvalue weighted by atomic mass is 10.1. The molecule has 0 saturated heterocycles. The molecule has 0 unspecified atom stereocenters. The maximum Gasteiger partial charge on any atom is 0.309 e. The van der Waals surface area contributed by atoms with Crippen molar-refractivity contribution in [2.45, 2.75) is 32.2 Å². The van der Waals surface area contributed by atoms with Crippen LogP contribution in [0.15, 0.2) is 24.3 Å². The lowest BCUT2D eigenvalue weighted by molar-refractivity contribution is -0.148. The fourth-order valence-electron chi connectivity index (χ4n) is 2.36. The average molecular weight is 316 g/mol. The standard InChI is InChI=1S/C17H20N2O4/c1-10-8-13(10)17(22)23-9-15(20)19-14-5-3-2-4-12(14)16(21)18-11-6-7-11/h2-5,10-11,13H,6-9H2,1H3,(H,18,21)(H,19,20)/t10-,13-/m0/s1. The molecule has 0 spiro atoms. The number of anilines is 1. The van der Waals surface area contributed by atoms with Crippen molar-refractivity contribution < 1.29 is 19.1 Å². The normalized spacial score (nSPS) is 22.1. The highest BCUT2D eigenvalue weighted by Gasteiger charge is 2.40. The summed E-state index contributed by atoms with van der Waals surface area (Å²) in [4.78, 5) is 35.7. The van der Waals surface area contributed by atoms with Gasteiger partial charge in [0, 0.05) is 6.04 Å². The molecule has 2 aliphatic rings. The Morgan fingerprint density at radius 3 is 2.57 bits per heavy atom. The number of para-hydroxylation sites is 1. The Morgan fingerprint density at radius 1 is 1.22 bits per heavy atom. The highest BCUT2D eigenvalue weighted by atomic mass is 16.5. The summed E-state index contributed by atoms with van der Waals surface area (Å²) < 4.78 is 4.99. The molecule has 1 aromatic rings. The topological polar surface area (TPSA) is 84.5 Å². The van der Waals surface area contributed by atoms with Crippen molar-refractivity contribution in [3.8, 4) is 0 Å². The van der Waals surface area contributed by atoms with Gasteiger partial charge in [-0.2, -0.15) is 0 Å². The summed E-state index contributed by atoms with van der Waals surface area (Å²) in [6.45, 7) is 1.64. The molecule has 0 heterocycles. The molecule has 122 valence electrons. The number of esters is 1. The summed E-state index contributed by atoms with van der Waals surface area (Å²) in [5.41, 5.74) is 0.835. The van der Waals surface area contributed by atoms with E-state index in [9.17, 15) is 14.4 Å². The Hall–Kier alpha value is -2.37. The van der Waals surface area contributed by atoms with Crippen molar-refractivity contribution >= 4 is 23.5 Å². The number of amides is 2. The molecule has 0 radical (unpaired) electrons. The molecule has 2 amide bonds. The smallest absolute Gasteiger partial charge is 0.309 e. The van der Waals surface area contributed by atoms with Crippen LogP contribution in [0.1, 0.15) is 36.5 Å². The van der Waals surface area contributed by atoms with Crippen LogP contribution in [-0.2, 0) is 14.3 Å². The van der Waals surface area contributed by atoms with Crippen molar-refractivity contribution in [3.63, 3.8) is 0 Å². The number of carbonyl (C=O) groups excluding carboxylic acids is 3. The molecule has 0 aromatic heterocycles. The van der Waals surface area contributed by atoms with Gasteiger partial charge in [0.15, 0.2) is 6.61 Å². The van der Waals surface area contributed by atoms with E-state index in [1.165, 1.54) is 0 Å².